The third-order valence-corrected chi connectivity index (χ3v) is 3.29. The second kappa shape index (κ2) is 5.85. The van der Waals surface area contributed by atoms with E-state index < -0.39 is 6.09 Å². The lowest BCUT2D eigenvalue weighted by atomic mass is 10.2. The summed E-state index contributed by atoms with van der Waals surface area (Å²) >= 11 is 6.10. The molecule has 6 heteroatoms. The van der Waals surface area contributed by atoms with Crippen molar-refractivity contribution >= 4 is 34.3 Å². The van der Waals surface area contributed by atoms with E-state index in [4.69, 9.17) is 16.3 Å². The van der Waals surface area contributed by atoms with E-state index in [2.05, 4.69) is 15.5 Å². The van der Waals surface area contributed by atoms with Crippen molar-refractivity contribution in [3.63, 3.8) is 0 Å². The lowest BCUT2D eigenvalue weighted by Crippen LogP contribution is -2.13. The number of rotatable bonds is 3. The zero-order valence-corrected chi connectivity index (χ0v) is 11.7. The Bertz CT molecular complexity index is 771. The molecule has 0 unspecified atom stereocenters. The predicted octanol–water partition coefficient (Wildman–Crippen LogP) is 3.97. The molecule has 2 aromatic carbocycles. The minimum Gasteiger partial charge on any atom is -0.444 e. The first-order valence-corrected chi connectivity index (χ1v) is 6.70. The van der Waals surface area contributed by atoms with Gasteiger partial charge in [0.15, 0.2) is 0 Å². The van der Waals surface area contributed by atoms with Crippen LogP contribution in [0.3, 0.4) is 0 Å². The topological polar surface area (TPSA) is 67.0 Å². The van der Waals surface area contributed by atoms with Gasteiger partial charge in [-0.05, 0) is 17.7 Å². The van der Waals surface area contributed by atoms with E-state index in [0.717, 1.165) is 16.5 Å². The summed E-state index contributed by atoms with van der Waals surface area (Å²) in [4.78, 5) is 11.8. The maximum absolute atomic E-state index is 11.8. The molecule has 1 aromatic heterocycles. The van der Waals surface area contributed by atoms with E-state index in [1.807, 2.05) is 30.3 Å². The molecule has 0 saturated carbocycles. The number of hydrogen-bond acceptors (Lipinski definition) is 3. The van der Waals surface area contributed by atoms with Crippen molar-refractivity contribution in [2.24, 2.45) is 0 Å². The molecule has 0 spiro atoms. The average Bonchev–Trinajstić information content (AvgIpc) is 2.94. The molecule has 0 radical (unpaired) electrons. The first kappa shape index (κ1) is 13.5. The number of aromatic amines is 1. The van der Waals surface area contributed by atoms with Crippen LogP contribution in [0.25, 0.3) is 10.9 Å². The first-order chi connectivity index (χ1) is 10.2. The van der Waals surface area contributed by atoms with Crippen molar-refractivity contribution in [2.45, 2.75) is 6.61 Å². The van der Waals surface area contributed by atoms with Gasteiger partial charge >= 0.3 is 6.09 Å². The molecule has 3 rings (SSSR count). The highest BCUT2D eigenvalue weighted by Gasteiger charge is 2.09. The van der Waals surface area contributed by atoms with Crippen LogP contribution < -0.4 is 5.32 Å². The molecular weight excluding hydrogens is 290 g/mol. The van der Waals surface area contributed by atoms with Crippen LogP contribution in [0, 0.1) is 0 Å². The first-order valence-electron chi connectivity index (χ1n) is 6.33. The zero-order valence-electron chi connectivity index (χ0n) is 11.0. The Hall–Kier alpha value is -2.53. The van der Waals surface area contributed by atoms with Crippen molar-refractivity contribution in [3.05, 3.63) is 59.2 Å². The number of benzene rings is 2. The summed E-state index contributed by atoms with van der Waals surface area (Å²) in [5, 5.41) is 10.6. The molecule has 2 N–H and O–H groups in total. The Kier molecular flexibility index (Phi) is 3.75. The fourth-order valence-electron chi connectivity index (χ4n) is 1.93. The summed E-state index contributed by atoms with van der Waals surface area (Å²) in [7, 11) is 0. The van der Waals surface area contributed by atoms with Crippen molar-refractivity contribution in [3.8, 4) is 0 Å². The minimum atomic E-state index is -0.552. The average molecular weight is 302 g/mol. The fourth-order valence-corrected chi connectivity index (χ4v) is 2.14. The van der Waals surface area contributed by atoms with E-state index in [-0.39, 0.29) is 6.61 Å². The van der Waals surface area contributed by atoms with Gasteiger partial charge in [0.25, 0.3) is 0 Å². The zero-order chi connectivity index (χ0) is 14.7. The van der Waals surface area contributed by atoms with Gasteiger partial charge in [-0.2, -0.15) is 5.10 Å². The monoisotopic (exact) mass is 301 g/mol. The van der Waals surface area contributed by atoms with Crippen LogP contribution >= 0.6 is 11.6 Å². The number of anilines is 1. The largest absolute Gasteiger partial charge is 0.444 e. The molecule has 0 fully saturated rings. The number of hydrogen-bond donors (Lipinski definition) is 2. The van der Waals surface area contributed by atoms with Crippen LogP contribution in [0.15, 0.2) is 48.7 Å². The third kappa shape index (κ3) is 3.14. The summed E-state index contributed by atoms with van der Waals surface area (Å²) in [6.45, 7) is 0.207. The highest BCUT2D eigenvalue weighted by atomic mass is 35.5. The number of aromatic nitrogens is 2. The number of carbonyl (C=O) groups is 1. The molecule has 0 aliphatic rings. The Balaban J connectivity index is 1.67. The van der Waals surface area contributed by atoms with Gasteiger partial charge in [0.2, 0.25) is 0 Å². The molecule has 1 amide bonds. The second-order valence-electron chi connectivity index (χ2n) is 4.48. The summed E-state index contributed by atoms with van der Waals surface area (Å²) < 4.78 is 5.15. The van der Waals surface area contributed by atoms with Gasteiger partial charge in [0, 0.05) is 5.39 Å². The van der Waals surface area contributed by atoms with Gasteiger partial charge in [0.05, 0.1) is 22.4 Å². The minimum absolute atomic E-state index is 0.207. The molecule has 5 nitrogen and oxygen atoms in total. The molecule has 0 aliphatic heterocycles. The predicted molar refractivity (Wildman–Crippen MR) is 81.4 cm³/mol. The normalized spacial score (nSPS) is 10.5. The summed E-state index contributed by atoms with van der Waals surface area (Å²) in [5.74, 6) is 0. The molecule has 106 valence electrons. The van der Waals surface area contributed by atoms with Crippen LogP contribution in [-0.4, -0.2) is 16.3 Å². The maximum atomic E-state index is 11.8. The van der Waals surface area contributed by atoms with Crippen LogP contribution in [0.2, 0.25) is 5.02 Å². The van der Waals surface area contributed by atoms with Crippen LogP contribution in [0.4, 0.5) is 10.5 Å². The Morgan fingerprint density at radius 1 is 1.29 bits per heavy atom. The van der Waals surface area contributed by atoms with Gasteiger partial charge in [-0.25, -0.2) is 4.79 Å². The van der Waals surface area contributed by atoms with E-state index in [1.54, 1.807) is 18.3 Å². The third-order valence-electron chi connectivity index (χ3n) is 2.98. The van der Waals surface area contributed by atoms with Crippen LogP contribution in [0.5, 0.6) is 0 Å². The molecule has 0 saturated heterocycles. The Morgan fingerprint density at radius 3 is 2.90 bits per heavy atom. The van der Waals surface area contributed by atoms with Gasteiger partial charge in [-0.15, -0.1) is 0 Å². The number of amides is 1. The number of halogens is 1. The SMILES string of the molecule is O=C(Nc1cc2cn[nH]c2cc1Cl)OCc1ccccc1. The van der Waals surface area contributed by atoms with Gasteiger partial charge < -0.3 is 4.74 Å². The number of fused-ring (bicyclic) bond motifs is 1. The molecule has 3 aromatic rings. The maximum Gasteiger partial charge on any atom is 0.412 e. The number of nitrogens with zero attached hydrogens (tertiary/aromatic N) is 1. The van der Waals surface area contributed by atoms with Gasteiger partial charge in [-0.3, -0.25) is 10.4 Å². The van der Waals surface area contributed by atoms with Crippen molar-refractivity contribution in [1.82, 2.24) is 10.2 Å². The van der Waals surface area contributed by atoms with Crippen molar-refractivity contribution in [1.29, 1.82) is 0 Å². The standard InChI is InChI=1S/C15H12ClN3O2/c16-12-7-13-11(8-17-19-13)6-14(12)18-15(20)21-9-10-4-2-1-3-5-10/h1-8H,9H2,(H,17,19)(H,18,20). The van der Waals surface area contributed by atoms with Crippen molar-refractivity contribution in [2.75, 3.05) is 5.32 Å². The number of nitrogens with one attached hydrogen (secondary N) is 2. The van der Waals surface area contributed by atoms with Crippen LogP contribution in [-0.2, 0) is 11.3 Å². The quantitative estimate of drug-likeness (QED) is 0.769. The van der Waals surface area contributed by atoms with Gasteiger partial charge in [-0.1, -0.05) is 41.9 Å². The van der Waals surface area contributed by atoms with Crippen LogP contribution in [0.1, 0.15) is 5.56 Å². The van der Waals surface area contributed by atoms with E-state index in [1.165, 1.54) is 0 Å². The lowest BCUT2D eigenvalue weighted by Gasteiger charge is -2.08. The molecular formula is C15H12ClN3O2. The van der Waals surface area contributed by atoms with E-state index >= 15 is 0 Å². The van der Waals surface area contributed by atoms with E-state index in [9.17, 15) is 4.79 Å². The van der Waals surface area contributed by atoms with E-state index in [0.29, 0.717) is 10.7 Å². The molecule has 21 heavy (non-hydrogen) atoms. The molecule has 1 heterocycles. The second-order valence-corrected chi connectivity index (χ2v) is 4.88. The highest BCUT2D eigenvalue weighted by molar-refractivity contribution is 6.34. The smallest absolute Gasteiger partial charge is 0.412 e. The number of carbonyl (C=O) groups excluding carboxylic acids is 1. The molecule has 0 bridgehead atoms. The fraction of sp³-hybridized carbons (Fsp3) is 0.0667. The molecule has 0 atom stereocenters. The molecule has 0 aliphatic carbocycles. The Labute approximate surface area is 125 Å². The summed E-state index contributed by atoms with van der Waals surface area (Å²) in [6.07, 6.45) is 1.11. The van der Waals surface area contributed by atoms with Crippen molar-refractivity contribution < 1.29 is 9.53 Å². The highest BCUT2D eigenvalue weighted by Crippen LogP contribution is 2.27. The Morgan fingerprint density at radius 2 is 2.10 bits per heavy atom. The van der Waals surface area contributed by atoms with Gasteiger partial charge in [0.1, 0.15) is 6.61 Å². The summed E-state index contributed by atoms with van der Waals surface area (Å²) in [5.41, 5.74) is 2.22. The summed E-state index contributed by atoms with van der Waals surface area (Å²) in [6, 6.07) is 12.9. The number of ether oxygens (including phenoxy) is 1. The lowest BCUT2D eigenvalue weighted by molar-refractivity contribution is 0.155. The number of H-pyrrole nitrogens is 1.